The van der Waals surface area contributed by atoms with Crippen molar-refractivity contribution in [1.82, 2.24) is 0 Å². The molecule has 4 nitrogen and oxygen atoms in total. The van der Waals surface area contributed by atoms with Crippen LogP contribution in [-0.4, -0.2) is 23.5 Å². The van der Waals surface area contributed by atoms with Crippen LogP contribution in [0.1, 0.15) is 12.8 Å². The summed E-state index contributed by atoms with van der Waals surface area (Å²) < 4.78 is 26.7. The van der Waals surface area contributed by atoms with E-state index in [-0.39, 0.29) is 25.1 Å². The number of aliphatic carboxylic acids is 1. The zero-order valence-electron chi connectivity index (χ0n) is 9.40. The molecule has 2 rings (SSSR count). The summed E-state index contributed by atoms with van der Waals surface area (Å²) in [5.74, 6) is -4.36. The highest BCUT2D eigenvalue weighted by atomic mass is 19.2. The summed E-state index contributed by atoms with van der Waals surface area (Å²) in [5.41, 5.74) is -0.203. The third-order valence-electron chi connectivity index (χ3n) is 2.98. The van der Waals surface area contributed by atoms with Gasteiger partial charge in [-0.05, 0) is 18.6 Å². The fourth-order valence-electron chi connectivity index (χ4n) is 1.98. The van der Waals surface area contributed by atoms with E-state index in [2.05, 4.69) is 0 Å². The fourth-order valence-corrected chi connectivity index (χ4v) is 1.98. The summed E-state index contributed by atoms with van der Waals surface area (Å²) in [6, 6.07) is 3.49. The molecule has 6 heteroatoms. The normalized spacial score (nSPS) is 20.0. The van der Waals surface area contributed by atoms with Gasteiger partial charge >= 0.3 is 5.97 Å². The van der Waals surface area contributed by atoms with Crippen molar-refractivity contribution in [3.8, 4) is 0 Å². The molecule has 0 aliphatic carbocycles. The van der Waals surface area contributed by atoms with E-state index >= 15 is 0 Å². The van der Waals surface area contributed by atoms with E-state index in [1.807, 2.05) is 0 Å². The van der Waals surface area contributed by atoms with Gasteiger partial charge in [0.15, 0.2) is 11.6 Å². The van der Waals surface area contributed by atoms with Crippen molar-refractivity contribution in [2.45, 2.75) is 12.8 Å². The van der Waals surface area contributed by atoms with Crippen LogP contribution in [-0.2, 0) is 9.59 Å². The number of carboxylic acid groups (broad SMARTS) is 1. The lowest BCUT2D eigenvalue weighted by Gasteiger charge is -2.30. The van der Waals surface area contributed by atoms with E-state index in [0.717, 1.165) is 11.0 Å². The summed E-state index contributed by atoms with van der Waals surface area (Å²) >= 11 is 0. The molecule has 0 spiro atoms. The molecule has 1 saturated heterocycles. The maximum Gasteiger partial charge on any atom is 0.308 e. The van der Waals surface area contributed by atoms with Crippen LogP contribution < -0.4 is 4.90 Å². The molecule has 1 heterocycles. The van der Waals surface area contributed by atoms with Gasteiger partial charge in [0.25, 0.3) is 0 Å². The summed E-state index contributed by atoms with van der Waals surface area (Å²) in [4.78, 5) is 23.6. The number of carbonyl (C=O) groups is 2. The number of piperidine rings is 1. The zero-order chi connectivity index (χ0) is 13.3. The molecule has 18 heavy (non-hydrogen) atoms. The molecule has 1 atom stereocenters. The topological polar surface area (TPSA) is 57.6 Å². The number of benzene rings is 1. The Morgan fingerprint density at radius 2 is 2.11 bits per heavy atom. The van der Waals surface area contributed by atoms with Gasteiger partial charge in [-0.1, -0.05) is 6.07 Å². The molecule has 1 N–H and O–H groups in total. The Kier molecular flexibility index (Phi) is 3.27. The van der Waals surface area contributed by atoms with Gasteiger partial charge in [0, 0.05) is 13.0 Å². The molecule has 0 radical (unpaired) electrons. The number of anilines is 1. The van der Waals surface area contributed by atoms with E-state index in [1.54, 1.807) is 0 Å². The number of amides is 1. The fraction of sp³-hybridized carbons (Fsp3) is 0.333. The van der Waals surface area contributed by atoms with Crippen molar-refractivity contribution in [3.05, 3.63) is 29.8 Å². The minimum Gasteiger partial charge on any atom is -0.481 e. The van der Waals surface area contributed by atoms with Crippen molar-refractivity contribution in [2.75, 3.05) is 11.4 Å². The Morgan fingerprint density at radius 3 is 2.78 bits per heavy atom. The molecule has 1 unspecified atom stereocenters. The Hall–Kier alpha value is -1.98. The lowest BCUT2D eigenvalue weighted by atomic mass is 9.97. The van der Waals surface area contributed by atoms with Gasteiger partial charge < -0.3 is 10.0 Å². The second-order valence-electron chi connectivity index (χ2n) is 4.15. The van der Waals surface area contributed by atoms with Crippen molar-refractivity contribution in [1.29, 1.82) is 0 Å². The van der Waals surface area contributed by atoms with Gasteiger partial charge in [0.1, 0.15) is 0 Å². The molecular formula is C12H11F2NO3. The van der Waals surface area contributed by atoms with Crippen LogP contribution in [0, 0.1) is 17.6 Å². The van der Waals surface area contributed by atoms with Gasteiger partial charge in [-0.2, -0.15) is 0 Å². The average molecular weight is 255 g/mol. The van der Waals surface area contributed by atoms with E-state index in [1.165, 1.54) is 12.1 Å². The molecule has 1 aromatic carbocycles. The van der Waals surface area contributed by atoms with Crippen LogP contribution in [0.2, 0.25) is 0 Å². The molecule has 1 aliphatic rings. The summed E-state index contributed by atoms with van der Waals surface area (Å²) in [6.07, 6.45) is 0.245. The van der Waals surface area contributed by atoms with E-state index < -0.39 is 29.4 Å². The summed E-state index contributed by atoms with van der Waals surface area (Å²) in [7, 11) is 0. The molecule has 96 valence electrons. The van der Waals surface area contributed by atoms with Gasteiger partial charge in [-0.25, -0.2) is 8.78 Å². The number of rotatable bonds is 2. The van der Waals surface area contributed by atoms with Gasteiger partial charge in [0.2, 0.25) is 5.91 Å². The van der Waals surface area contributed by atoms with Crippen molar-refractivity contribution in [3.63, 3.8) is 0 Å². The second-order valence-corrected chi connectivity index (χ2v) is 4.15. The smallest absolute Gasteiger partial charge is 0.308 e. The highest BCUT2D eigenvalue weighted by molar-refractivity contribution is 5.95. The minimum atomic E-state index is -1.13. The standard InChI is InChI=1S/C12H11F2NO3/c13-8-2-1-3-9(11(8)14)15-6-7(12(17)18)4-5-10(15)16/h1-3,7H,4-6H2,(H,17,18). The molecule has 0 saturated carbocycles. The first-order valence-corrected chi connectivity index (χ1v) is 5.48. The molecule has 1 fully saturated rings. The van der Waals surface area contributed by atoms with Gasteiger partial charge in [0.05, 0.1) is 11.6 Å². The Balaban J connectivity index is 2.33. The Labute approximate surface area is 102 Å². The number of hydrogen-bond acceptors (Lipinski definition) is 2. The van der Waals surface area contributed by atoms with Crippen LogP contribution in [0.25, 0.3) is 0 Å². The first kappa shape index (κ1) is 12.5. The number of hydrogen-bond donors (Lipinski definition) is 1. The number of carbonyl (C=O) groups excluding carboxylic acids is 1. The largest absolute Gasteiger partial charge is 0.481 e. The summed E-state index contributed by atoms with van der Waals surface area (Å²) in [5, 5.41) is 8.91. The molecule has 0 bridgehead atoms. The van der Waals surface area contributed by atoms with Crippen LogP contribution in [0.4, 0.5) is 14.5 Å². The Bertz CT molecular complexity index is 504. The van der Waals surface area contributed by atoms with Crippen molar-refractivity contribution >= 4 is 17.6 Å². The van der Waals surface area contributed by atoms with Crippen LogP contribution in [0.15, 0.2) is 18.2 Å². The van der Waals surface area contributed by atoms with E-state index in [0.29, 0.717) is 0 Å². The van der Waals surface area contributed by atoms with Gasteiger partial charge in [-0.15, -0.1) is 0 Å². The molecule has 1 aliphatic heterocycles. The molecule has 0 aromatic heterocycles. The van der Waals surface area contributed by atoms with Crippen molar-refractivity contribution < 1.29 is 23.5 Å². The van der Waals surface area contributed by atoms with E-state index in [4.69, 9.17) is 5.11 Å². The van der Waals surface area contributed by atoms with Crippen molar-refractivity contribution in [2.24, 2.45) is 5.92 Å². The zero-order valence-corrected chi connectivity index (χ0v) is 9.40. The predicted molar refractivity (Wildman–Crippen MR) is 59.1 cm³/mol. The molecule has 1 aromatic rings. The van der Waals surface area contributed by atoms with E-state index in [9.17, 15) is 18.4 Å². The molecule has 1 amide bonds. The van der Waals surface area contributed by atoms with Crippen LogP contribution >= 0.6 is 0 Å². The highest BCUT2D eigenvalue weighted by Crippen LogP contribution is 2.27. The maximum absolute atomic E-state index is 13.6. The summed E-state index contributed by atoms with van der Waals surface area (Å²) in [6.45, 7) is -0.130. The number of carboxylic acids is 1. The number of nitrogens with zero attached hydrogens (tertiary/aromatic N) is 1. The maximum atomic E-state index is 13.6. The van der Waals surface area contributed by atoms with Crippen LogP contribution in [0.5, 0.6) is 0 Å². The quantitative estimate of drug-likeness (QED) is 0.876. The predicted octanol–water partition coefficient (Wildman–Crippen LogP) is 1.79. The first-order valence-electron chi connectivity index (χ1n) is 5.48. The van der Waals surface area contributed by atoms with Crippen LogP contribution in [0.3, 0.4) is 0 Å². The molecular weight excluding hydrogens is 244 g/mol. The average Bonchev–Trinajstić information content (AvgIpc) is 2.33. The Morgan fingerprint density at radius 1 is 1.39 bits per heavy atom. The third-order valence-corrected chi connectivity index (χ3v) is 2.98. The minimum absolute atomic E-state index is 0.0208. The first-order chi connectivity index (χ1) is 8.50. The second kappa shape index (κ2) is 4.72. The van der Waals surface area contributed by atoms with Gasteiger partial charge in [-0.3, -0.25) is 9.59 Å². The lowest BCUT2D eigenvalue weighted by Crippen LogP contribution is -2.43. The number of halogens is 2. The monoisotopic (exact) mass is 255 g/mol. The SMILES string of the molecule is O=C(O)C1CCC(=O)N(c2cccc(F)c2F)C1. The lowest BCUT2D eigenvalue weighted by molar-refractivity contribution is -0.142. The highest BCUT2D eigenvalue weighted by Gasteiger charge is 2.32. The third kappa shape index (κ3) is 2.18.